The minimum Gasteiger partial charge on any atom is -0.494 e. The molecule has 0 bridgehead atoms. The standard InChI is InChI=1S/C22H27FN2O/c1-2-3-14-26-18-10-7-16(8-11-18)22-19(6-4-5-13-24)20-15-17(23)9-12-21(20)25-22/h7-12,15,25H,2-6,13-14,24H2,1H3. The summed E-state index contributed by atoms with van der Waals surface area (Å²) >= 11 is 0. The van der Waals surface area contributed by atoms with Crippen molar-refractivity contribution < 1.29 is 9.13 Å². The topological polar surface area (TPSA) is 51.0 Å². The van der Waals surface area contributed by atoms with Crippen molar-refractivity contribution >= 4 is 10.9 Å². The maximum atomic E-state index is 13.8. The zero-order valence-corrected chi connectivity index (χ0v) is 15.4. The Bertz CT molecular complexity index is 839. The van der Waals surface area contributed by atoms with Crippen molar-refractivity contribution in [1.82, 2.24) is 4.98 Å². The number of unbranched alkanes of at least 4 members (excludes halogenated alkanes) is 2. The normalized spacial score (nSPS) is 11.2. The molecule has 0 aliphatic rings. The Morgan fingerprint density at radius 1 is 1.04 bits per heavy atom. The number of aryl methyl sites for hydroxylation is 1. The van der Waals surface area contributed by atoms with Crippen molar-refractivity contribution in [2.45, 2.75) is 39.0 Å². The first-order valence-corrected chi connectivity index (χ1v) is 9.46. The van der Waals surface area contributed by atoms with E-state index < -0.39 is 0 Å². The average Bonchev–Trinajstić information content (AvgIpc) is 3.01. The van der Waals surface area contributed by atoms with E-state index in [0.29, 0.717) is 6.54 Å². The third-order valence-corrected chi connectivity index (χ3v) is 4.66. The molecule has 3 nitrogen and oxygen atoms in total. The van der Waals surface area contributed by atoms with Gasteiger partial charge in [-0.15, -0.1) is 0 Å². The van der Waals surface area contributed by atoms with E-state index in [-0.39, 0.29) is 5.82 Å². The predicted octanol–water partition coefficient (Wildman–Crippen LogP) is 5.43. The number of hydrogen-bond acceptors (Lipinski definition) is 2. The van der Waals surface area contributed by atoms with E-state index in [1.165, 1.54) is 6.07 Å². The Balaban J connectivity index is 1.91. The van der Waals surface area contributed by atoms with Crippen molar-refractivity contribution in [3.63, 3.8) is 0 Å². The molecule has 1 aromatic heterocycles. The van der Waals surface area contributed by atoms with Crippen LogP contribution in [0.3, 0.4) is 0 Å². The third kappa shape index (κ3) is 4.25. The Labute approximate surface area is 154 Å². The first-order valence-electron chi connectivity index (χ1n) is 9.46. The van der Waals surface area contributed by atoms with Gasteiger partial charge in [-0.2, -0.15) is 0 Å². The molecule has 0 radical (unpaired) electrons. The molecule has 1 heterocycles. The van der Waals surface area contributed by atoms with Crippen LogP contribution in [0.5, 0.6) is 5.75 Å². The molecule has 0 aliphatic carbocycles. The van der Waals surface area contributed by atoms with Crippen molar-refractivity contribution in [3.05, 3.63) is 53.8 Å². The van der Waals surface area contributed by atoms with Gasteiger partial charge in [0, 0.05) is 16.6 Å². The first kappa shape index (κ1) is 18.5. The smallest absolute Gasteiger partial charge is 0.123 e. The Hall–Kier alpha value is -2.33. The van der Waals surface area contributed by atoms with Crippen LogP contribution in [0.25, 0.3) is 22.2 Å². The largest absolute Gasteiger partial charge is 0.494 e. The lowest BCUT2D eigenvalue weighted by Crippen LogP contribution is -1.99. The van der Waals surface area contributed by atoms with E-state index in [4.69, 9.17) is 10.5 Å². The lowest BCUT2D eigenvalue weighted by Gasteiger charge is -2.08. The second-order valence-electron chi connectivity index (χ2n) is 6.64. The van der Waals surface area contributed by atoms with E-state index in [0.717, 1.165) is 72.2 Å². The second kappa shape index (κ2) is 8.86. The summed E-state index contributed by atoms with van der Waals surface area (Å²) in [5.74, 6) is 0.678. The van der Waals surface area contributed by atoms with Crippen LogP contribution < -0.4 is 10.5 Å². The lowest BCUT2D eigenvalue weighted by atomic mass is 10.00. The summed E-state index contributed by atoms with van der Waals surface area (Å²) in [7, 11) is 0. The van der Waals surface area contributed by atoms with Gasteiger partial charge >= 0.3 is 0 Å². The van der Waals surface area contributed by atoms with E-state index in [9.17, 15) is 4.39 Å². The van der Waals surface area contributed by atoms with Gasteiger partial charge in [-0.05, 0) is 85.8 Å². The average molecular weight is 354 g/mol. The van der Waals surface area contributed by atoms with Crippen molar-refractivity contribution in [2.75, 3.05) is 13.2 Å². The SMILES string of the molecule is CCCCOc1ccc(-c2[nH]c3ccc(F)cc3c2CCCCN)cc1. The molecule has 0 saturated heterocycles. The number of fused-ring (bicyclic) bond motifs is 1. The number of benzene rings is 2. The summed E-state index contributed by atoms with van der Waals surface area (Å²) in [5, 5.41) is 0.959. The summed E-state index contributed by atoms with van der Waals surface area (Å²) in [5.41, 5.74) is 9.91. The molecule has 0 fully saturated rings. The maximum absolute atomic E-state index is 13.8. The maximum Gasteiger partial charge on any atom is 0.123 e. The summed E-state index contributed by atoms with van der Waals surface area (Å²) in [4.78, 5) is 3.47. The van der Waals surface area contributed by atoms with Crippen LogP contribution in [0.2, 0.25) is 0 Å². The van der Waals surface area contributed by atoms with Crippen LogP contribution in [0.15, 0.2) is 42.5 Å². The molecule has 3 aromatic rings. The molecule has 3 N–H and O–H groups in total. The number of H-pyrrole nitrogens is 1. The van der Waals surface area contributed by atoms with Crippen LogP contribution in [0.4, 0.5) is 4.39 Å². The quantitative estimate of drug-likeness (QED) is 0.503. The minimum absolute atomic E-state index is 0.206. The predicted molar refractivity (Wildman–Crippen MR) is 106 cm³/mol. The molecule has 0 unspecified atom stereocenters. The molecule has 0 atom stereocenters. The highest BCUT2D eigenvalue weighted by Crippen LogP contribution is 2.33. The highest BCUT2D eigenvalue weighted by Gasteiger charge is 2.14. The summed E-state index contributed by atoms with van der Waals surface area (Å²) in [6, 6.07) is 13.1. The molecule has 2 aromatic carbocycles. The van der Waals surface area contributed by atoms with Gasteiger partial charge in [-0.3, -0.25) is 0 Å². The van der Waals surface area contributed by atoms with Crippen molar-refractivity contribution in [1.29, 1.82) is 0 Å². The fraction of sp³-hybridized carbons (Fsp3) is 0.364. The van der Waals surface area contributed by atoms with Crippen LogP contribution in [-0.4, -0.2) is 18.1 Å². The number of halogens is 1. The van der Waals surface area contributed by atoms with E-state index in [2.05, 4.69) is 24.0 Å². The number of nitrogens with two attached hydrogens (primary N) is 1. The van der Waals surface area contributed by atoms with Crippen molar-refractivity contribution in [2.24, 2.45) is 5.73 Å². The molecule has 4 heteroatoms. The molecule has 26 heavy (non-hydrogen) atoms. The summed E-state index contributed by atoms with van der Waals surface area (Å²) < 4.78 is 19.5. The lowest BCUT2D eigenvalue weighted by molar-refractivity contribution is 0.309. The van der Waals surface area contributed by atoms with Crippen LogP contribution in [-0.2, 0) is 6.42 Å². The van der Waals surface area contributed by atoms with E-state index in [1.807, 2.05) is 18.2 Å². The number of aromatic amines is 1. The van der Waals surface area contributed by atoms with Crippen molar-refractivity contribution in [3.8, 4) is 17.0 Å². The zero-order valence-electron chi connectivity index (χ0n) is 15.4. The number of ether oxygens (including phenoxy) is 1. The van der Waals surface area contributed by atoms with E-state index in [1.54, 1.807) is 6.07 Å². The third-order valence-electron chi connectivity index (χ3n) is 4.66. The van der Waals surface area contributed by atoms with Gasteiger partial charge in [0.25, 0.3) is 0 Å². The fourth-order valence-electron chi connectivity index (χ4n) is 3.22. The van der Waals surface area contributed by atoms with Gasteiger partial charge < -0.3 is 15.5 Å². The molecule has 0 spiro atoms. The van der Waals surface area contributed by atoms with E-state index >= 15 is 0 Å². The molecule has 0 aliphatic heterocycles. The zero-order chi connectivity index (χ0) is 18.4. The molecule has 138 valence electrons. The fourth-order valence-corrected chi connectivity index (χ4v) is 3.22. The second-order valence-corrected chi connectivity index (χ2v) is 6.64. The van der Waals surface area contributed by atoms with Gasteiger partial charge in [0.05, 0.1) is 6.61 Å². The van der Waals surface area contributed by atoms with Crippen LogP contribution in [0.1, 0.15) is 38.2 Å². The molecule has 0 saturated carbocycles. The number of rotatable bonds is 9. The molecule has 0 amide bonds. The number of hydrogen-bond donors (Lipinski definition) is 2. The van der Waals surface area contributed by atoms with Crippen LogP contribution in [0, 0.1) is 5.82 Å². The first-order chi connectivity index (χ1) is 12.7. The molecular weight excluding hydrogens is 327 g/mol. The summed E-state index contributed by atoms with van der Waals surface area (Å²) in [6.07, 6.45) is 5.01. The molecular formula is C22H27FN2O. The minimum atomic E-state index is -0.206. The Kier molecular flexibility index (Phi) is 6.29. The summed E-state index contributed by atoms with van der Waals surface area (Å²) in [6.45, 7) is 3.57. The monoisotopic (exact) mass is 354 g/mol. The van der Waals surface area contributed by atoms with Gasteiger partial charge in [0.2, 0.25) is 0 Å². The van der Waals surface area contributed by atoms with Gasteiger partial charge in [-0.25, -0.2) is 4.39 Å². The highest BCUT2D eigenvalue weighted by atomic mass is 19.1. The molecule has 3 rings (SSSR count). The Morgan fingerprint density at radius 3 is 2.58 bits per heavy atom. The van der Waals surface area contributed by atoms with Crippen LogP contribution >= 0.6 is 0 Å². The Morgan fingerprint density at radius 2 is 1.85 bits per heavy atom. The van der Waals surface area contributed by atoms with Gasteiger partial charge in [0.1, 0.15) is 11.6 Å². The highest BCUT2D eigenvalue weighted by molar-refractivity contribution is 5.90. The number of aromatic nitrogens is 1. The van der Waals surface area contributed by atoms with Gasteiger partial charge in [0.15, 0.2) is 0 Å². The number of nitrogens with one attached hydrogen (secondary N) is 1. The van der Waals surface area contributed by atoms with Gasteiger partial charge in [-0.1, -0.05) is 13.3 Å².